The van der Waals surface area contributed by atoms with E-state index in [-0.39, 0.29) is 6.04 Å². The van der Waals surface area contributed by atoms with E-state index < -0.39 is 18.0 Å². The van der Waals surface area contributed by atoms with Gasteiger partial charge in [0.15, 0.2) is 6.04 Å². The van der Waals surface area contributed by atoms with Gasteiger partial charge in [0, 0.05) is 6.04 Å². The van der Waals surface area contributed by atoms with E-state index in [2.05, 4.69) is 17.6 Å². The minimum Gasteiger partial charge on any atom is -0.479 e. The highest BCUT2D eigenvalue weighted by molar-refractivity contribution is 5.83. The first-order chi connectivity index (χ1) is 9.56. The molecule has 0 heterocycles. The number of benzene rings is 1. The molecule has 5 nitrogen and oxygen atoms in total. The van der Waals surface area contributed by atoms with Crippen LogP contribution >= 0.6 is 0 Å². The SMILES string of the molecule is CC1CCC(NC(=O)N[C@@H](C(=O)O)c2ccccc2)C1. The van der Waals surface area contributed by atoms with Crippen LogP contribution in [0.3, 0.4) is 0 Å². The second-order valence-corrected chi connectivity index (χ2v) is 5.41. The quantitative estimate of drug-likeness (QED) is 0.789. The lowest BCUT2D eigenvalue weighted by Gasteiger charge is -2.18. The van der Waals surface area contributed by atoms with Gasteiger partial charge in [0.2, 0.25) is 0 Å². The number of rotatable bonds is 4. The Morgan fingerprint density at radius 2 is 1.95 bits per heavy atom. The molecule has 1 aliphatic carbocycles. The molecule has 3 N–H and O–H groups in total. The molecule has 108 valence electrons. The lowest BCUT2D eigenvalue weighted by molar-refractivity contribution is -0.139. The lowest BCUT2D eigenvalue weighted by atomic mass is 10.1. The second kappa shape index (κ2) is 6.41. The summed E-state index contributed by atoms with van der Waals surface area (Å²) in [5.41, 5.74) is 0.565. The molecule has 1 aliphatic rings. The molecule has 0 aromatic heterocycles. The maximum atomic E-state index is 11.9. The fourth-order valence-corrected chi connectivity index (χ4v) is 2.63. The molecule has 2 amide bonds. The van der Waals surface area contributed by atoms with Crippen molar-refractivity contribution in [2.75, 3.05) is 0 Å². The van der Waals surface area contributed by atoms with Crippen molar-refractivity contribution >= 4 is 12.0 Å². The number of carbonyl (C=O) groups is 2. The van der Waals surface area contributed by atoms with Crippen molar-refractivity contribution in [2.24, 2.45) is 5.92 Å². The van der Waals surface area contributed by atoms with Crippen LogP contribution in [0.15, 0.2) is 30.3 Å². The van der Waals surface area contributed by atoms with E-state index in [4.69, 9.17) is 0 Å². The van der Waals surface area contributed by atoms with E-state index in [0.29, 0.717) is 11.5 Å². The Bertz CT molecular complexity index is 475. The Balaban J connectivity index is 1.95. The summed E-state index contributed by atoms with van der Waals surface area (Å²) < 4.78 is 0. The molecule has 0 radical (unpaired) electrons. The third-order valence-corrected chi connectivity index (χ3v) is 3.69. The molecule has 1 fully saturated rings. The smallest absolute Gasteiger partial charge is 0.330 e. The van der Waals surface area contributed by atoms with Crippen molar-refractivity contribution in [1.29, 1.82) is 0 Å². The van der Waals surface area contributed by atoms with E-state index >= 15 is 0 Å². The molecule has 0 bridgehead atoms. The Morgan fingerprint density at radius 1 is 1.25 bits per heavy atom. The molecule has 0 spiro atoms. The van der Waals surface area contributed by atoms with Gasteiger partial charge in [-0.15, -0.1) is 0 Å². The number of carboxylic acids is 1. The van der Waals surface area contributed by atoms with Crippen molar-refractivity contribution in [3.8, 4) is 0 Å². The van der Waals surface area contributed by atoms with Crippen molar-refractivity contribution in [3.05, 3.63) is 35.9 Å². The monoisotopic (exact) mass is 276 g/mol. The van der Waals surface area contributed by atoms with Gasteiger partial charge in [0.25, 0.3) is 0 Å². The van der Waals surface area contributed by atoms with Gasteiger partial charge in [0.05, 0.1) is 0 Å². The first-order valence-corrected chi connectivity index (χ1v) is 6.91. The Morgan fingerprint density at radius 3 is 2.50 bits per heavy atom. The highest BCUT2D eigenvalue weighted by atomic mass is 16.4. The molecule has 5 heteroatoms. The van der Waals surface area contributed by atoms with E-state index in [9.17, 15) is 14.7 Å². The Kier molecular flexibility index (Phi) is 4.61. The van der Waals surface area contributed by atoms with Crippen LogP contribution in [-0.2, 0) is 4.79 Å². The van der Waals surface area contributed by atoms with Crippen LogP contribution in [0.25, 0.3) is 0 Å². The van der Waals surface area contributed by atoms with Gasteiger partial charge in [-0.25, -0.2) is 9.59 Å². The summed E-state index contributed by atoms with van der Waals surface area (Å²) >= 11 is 0. The molecular formula is C15H20N2O3. The number of carboxylic acid groups (broad SMARTS) is 1. The number of hydrogen-bond donors (Lipinski definition) is 3. The topological polar surface area (TPSA) is 78.4 Å². The van der Waals surface area contributed by atoms with Gasteiger partial charge >= 0.3 is 12.0 Å². The summed E-state index contributed by atoms with van der Waals surface area (Å²) in [4.78, 5) is 23.2. The summed E-state index contributed by atoms with van der Waals surface area (Å²) in [6, 6.07) is 7.41. The summed E-state index contributed by atoms with van der Waals surface area (Å²) in [5, 5.41) is 14.6. The maximum Gasteiger partial charge on any atom is 0.330 e. The summed E-state index contributed by atoms with van der Waals surface area (Å²) in [6.45, 7) is 2.16. The highest BCUT2D eigenvalue weighted by Gasteiger charge is 2.26. The fourth-order valence-electron chi connectivity index (χ4n) is 2.63. The van der Waals surface area contributed by atoms with Gasteiger partial charge in [-0.3, -0.25) is 0 Å². The average Bonchev–Trinajstić information content (AvgIpc) is 2.82. The zero-order valence-electron chi connectivity index (χ0n) is 11.5. The lowest BCUT2D eigenvalue weighted by Crippen LogP contribution is -2.44. The average molecular weight is 276 g/mol. The van der Waals surface area contributed by atoms with Crippen LogP contribution in [0.1, 0.15) is 37.8 Å². The number of hydrogen-bond acceptors (Lipinski definition) is 2. The fraction of sp³-hybridized carbons (Fsp3) is 0.467. The van der Waals surface area contributed by atoms with Crippen LogP contribution in [0.4, 0.5) is 4.79 Å². The van der Waals surface area contributed by atoms with Gasteiger partial charge in [-0.1, -0.05) is 37.3 Å². The molecular weight excluding hydrogens is 256 g/mol. The minimum absolute atomic E-state index is 0.148. The molecule has 20 heavy (non-hydrogen) atoms. The van der Waals surface area contributed by atoms with Crippen LogP contribution < -0.4 is 10.6 Å². The molecule has 2 unspecified atom stereocenters. The van der Waals surface area contributed by atoms with Crippen LogP contribution in [0, 0.1) is 5.92 Å². The van der Waals surface area contributed by atoms with E-state index in [1.54, 1.807) is 24.3 Å². The van der Waals surface area contributed by atoms with Gasteiger partial charge in [0.1, 0.15) is 0 Å². The number of aliphatic carboxylic acids is 1. The van der Waals surface area contributed by atoms with Crippen LogP contribution in [0.5, 0.6) is 0 Å². The number of amides is 2. The van der Waals surface area contributed by atoms with E-state index in [1.807, 2.05) is 6.07 Å². The van der Waals surface area contributed by atoms with E-state index in [1.165, 1.54) is 0 Å². The van der Waals surface area contributed by atoms with Crippen molar-refractivity contribution < 1.29 is 14.7 Å². The van der Waals surface area contributed by atoms with Gasteiger partial charge < -0.3 is 15.7 Å². The molecule has 2 rings (SSSR count). The first kappa shape index (κ1) is 14.4. The molecule has 1 aromatic rings. The molecule has 1 saturated carbocycles. The standard InChI is InChI=1S/C15H20N2O3/c1-10-7-8-12(9-10)16-15(20)17-13(14(18)19)11-5-3-2-4-6-11/h2-6,10,12-13H,7-9H2,1H3,(H,18,19)(H2,16,17,20)/t10?,12?,13-/m1/s1. The Hall–Kier alpha value is -2.04. The number of nitrogens with one attached hydrogen (secondary N) is 2. The molecule has 3 atom stereocenters. The maximum absolute atomic E-state index is 11.9. The number of carbonyl (C=O) groups excluding carboxylic acids is 1. The van der Waals surface area contributed by atoms with E-state index in [0.717, 1.165) is 19.3 Å². The zero-order valence-corrected chi connectivity index (χ0v) is 11.5. The van der Waals surface area contributed by atoms with Gasteiger partial charge in [-0.2, -0.15) is 0 Å². The van der Waals surface area contributed by atoms with Gasteiger partial charge in [-0.05, 0) is 30.7 Å². The summed E-state index contributed by atoms with van der Waals surface area (Å²) in [5.74, 6) is -0.448. The second-order valence-electron chi connectivity index (χ2n) is 5.41. The normalized spacial score (nSPS) is 23.1. The predicted molar refractivity (Wildman–Crippen MR) is 75.3 cm³/mol. The third-order valence-electron chi connectivity index (χ3n) is 3.69. The minimum atomic E-state index is -1.06. The molecule has 0 saturated heterocycles. The first-order valence-electron chi connectivity index (χ1n) is 6.91. The third kappa shape index (κ3) is 3.73. The molecule has 0 aliphatic heterocycles. The van der Waals surface area contributed by atoms with Crippen LogP contribution in [-0.4, -0.2) is 23.1 Å². The van der Waals surface area contributed by atoms with Crippen LogP contribution in [0.2, 0.25) is 0 Å². The molecule has 1 aromatic carbocycles. The summed E-state index contributed by atoms with van der Waals surface area (Å²) in [7, 11) is 0. The Labute approximate surface area is 118 Å². The van der Waals surface area contributed by atoms with Crippen molar-refractivity contribution in [1.82, 2.24) is 10.6 Å². The highest BCUT2D eigenvalue weighted by Crippen LogP contribution is 2.24. The number of urea groups is 1. The van der Waals surface area contributed by atoms with Crippen molar-refractivity contribution in [2.45, 2.75) is 38.3 Å². The summed E-state index contributed by atoms with van der Waals surface area (Å²) in [6.07, 6.45) is 3.01. The largest absolute Gasteiger partial charge is 0.479 e. The van der Waals surface area contributed by atoms with Crippen molar-refractivity contribution in [3.63, 3.8) is 0 Å². The predicted octanol–water partition coefficient (Wildman–Crippen LogP) is 2.30. The zero-order chi connectivity index (χ0) is 14.5.